The van der Waals surface area contributed by atoms with Gasteiger partial charge < -0.3 is 15.0 Å². The molecule has 1 aromatic heterocycles. The number of rotatable bonds is 5. The monoisotopic (exact) mass is 247 g/mol. The Hall–Kier alpha value is -1.39. The lowest BCUT2D eigenvalue weighted by Crippen LogP contribution is -2.43. The van der Waals surface area contributed by atoms with E-state index < -0.39 is 0 Å². The largest absolute Gasteiger partial charge is 0.383 e. The molecule has 0 bridgehead atoms. The van der Waals surface area contributed by atoms with Crippen LogP contribution in [-0.4, -0.2) is 28.8 Å². The minimum Gasteiger partial charge on any atom is -0.383 e. The summed E-state index contributed by atoms with van der Waals surface area (Å²) in [6.45, 7) is 5.55. The highest BCUT2D eigenvalue weighted by atomic mass is 16.5. The first kappa shape index (κ1) is 13.1. The van der Waals surface area contributed by atoms with Gasteiger partial charge in [-0.15, -0.1) is 0 Å². The van der Waals surface area contributed by atoms with E-state index in [0.717, 1.165) is 17.9 Å². The van der Waals surface area contributed by atoms with Gasteiger partial charge in [0.2, 0.25) is 0 Å². The van der Waals surface area contributed by atoms with E-state index in [2.05, 4.69) is 22.5 Å². The molecule has 2 N–H and O–H groups in total. The Morgan fingerprint density at radius 2 is 2.11 bits per heavy atom. The predicted molar refractivity (Wildman–Crippen MR) is 73.6 cm³/mol. The molecular formula is C14H21N3O. The zero-order chi connectivity index (χ0) is 13.2. The van der Waals surface area contributed by atoms with E-state index >= 15 is 0 Å². The maximum absolute atomic E-state index is 6.23. The molecular weight excluding hydrogens is 226 g/mol. The second kappa shape index (κ2) is 5.08. The third kappa shape index (κ3) is 2.54. The van der Waals surface area contributed by atoms with Gasteiger partial charge >= 0.3 is 0 Å². The van der Waals surface area contributed by atoms with Crippen LogP contribution in [0.4, 0.5) is 0 Å². The standard InChI is InChI=1S/C14H21N3O/c1-4-17-12-8-6-5-7-11(12)16-13(17)9-14(2,15)10-18-3/h5-8H,4,9-10,15H2,1-3H3. The van der Waals surface area contributed by atoms with Gasteiger partial charge in [0.25, 0.3) is 0 Å². The molecule has 0 fully saturated rings. The maximum Gasteiger partial charge on any atom is 0.111 e. The van der Waals surface area contributed by atoms with Crippen LogP contribution in [0.25, 0.3) is 11.0 Å². The summed E-state index contributed by atoms with van der Waals surface area (Å²) in [5.74, 6) is 1.03. The molecule has 0 aliphatic heterocycles. The molecule has 1 unspecified atom stereocenters. The Morgan fingerprint density at radius 1 is 1.39 bits per heavy atom. The summed E-state index contributed by atoms with van der Waals surface area (Å²) in [6.07, 6.45) is 0.712. The van der Waals surface area contributed by atoms with E-state index in [1.807, 2.05) is 25.1 Å². The molecule has 4 nitrogen and oxygen atoms in total. The van der Waals surface area contributed by atoms with Crippen molar-refractivity contribution >= 4 is 11.0 Å². The first-order chi connectivity index (χ1) is 8.57. The average Bonchev–Trinajstić information content (AvgIpc) is 2.64. The van der Waals surface area contributed by atoms with Crippen molar-refractivity contribution in [2.45, 2.75) is 32.4 Å². The molecule has 0 aliphatic carbocycles. The summed E-state index contributed by atoms with van der Waals surface area (Å²) in [7, 11) is 1.67. The summed E-state index contributed by atoms with van der Waals surface area (Å²) in [4.78, 5) is 4.68. The van der Waals surface area contributed by atoms with Gasteiger partial charge in [-0.3, -0.25) is 0 Å². The number of ether oxygens (including phenoxy) is 1. The summed E-state index contributed by atoms with van der Waals surface area (Å²) < 4.78 is 7.38. The molecule has 0 saturated heterocycles. The van der Waals surface area contributed by atoms with Crippen LogP contribution in [0.5, 0.6) is 0 Å². The number of benzene rings is 1. The van der Waals surface area contributed by atoms with E-state index in [1.54, 1.807) is 7.11 Å². The number of aryl methyl sites for hydroxylation is 1. The molecule has 0 aliphatic rings. The fourth-order valence-corrected chi connectivity index (χ4v) is 2.36. The van der Waals surface area contributed by atoms with Gasteiger partial charge in [-0.25, -0.2) is 4.98 Å². The molecule has 1 aromatic carbocycles. The molecule has 0 spiro atoms. The molecule has 2 aromatic rings. The summed E-state index contributed by atoms with van der Waals surface area (Å²) in [5, 5.41) is 0. The quantitative estimate of drug-likeness (QED) is 0.878. The number of methoxy groups -OCH3 is 1. The van der Waals surface area contributed by atoms with Gasteiger partial charge in [0.05, 0.1) is 17.6 Å². The summed E-state index contributed by atoms with van der Waals surface area (Å²) in [5.41, 5.74) is 8.04. The number of nitrogens with zero attached hydrogens (tertiary/aromatic N) is 2. The van der Waals surface area contributed by atoms with Crippen molar-refractivity contribution in [3.8, 4) is 0 Å². The van der Waals surface area contributed by atoms with Crippen molar-refractivity contribution in [1.29, 1.82) is 0 Å². The SMILES string of the molecule is CCn1c(CC(C)(N)COC)nc2ccccc21. The second-order valence-electron chi connectivity index (χ2n) is 5.02. The summed E-state index contributed by atoms with van der Waals surface area (Å²) >= 11 is 0. The molecule has 98 valence electrons. The third-order valence-electron chi connectivity index (χ3n) is 3.09. The Bertz CT molecular complexity index is 531. The number of fused-ring (bicyclic) bond motifs is 1. The molecule has 4 heteroatoms. The zero-order valence-corrected chi connectivity index (χ0v) is 11.3. The van der Waals surface area contributed by atoms with Crippen LogP contribution in [0, 0.1) is 0 Å². The highest BCUT2D eigenvalue weighted by Crippen LogP contribution is 2.19. The molecule has 18 heavy (non-hydrogen) atoms. The molecule has 1 heterocycles. The van der Waals surface area contributed by atoms with E-state index in [4.69, 9.17) is 10.5 Å². The van der Waals surface area contributed by atoms with Crippen molar-refractivity contribution in [2.24, 2.45) is 5.73 Å². The zero-order valence-electron chi connectivity index (χ0n) is 11.3. The highest BCUT2D eigenvalue weighted by Gasteiger charge is 2.22. The van der Waals surface area contributed by atoms with Crippen LogP contribution in [0.2, 0.25) is 0 Å². The normalized spacial score (nSPS) is 14.9. The van der Waals surface area contributed by atoms with Crippen molar-refractivity contribution in [2.75, 3.05) is 13.7 Å². The fraction of sp³-hybridized carbons (Fsp3) is 0.500. The van der Waals surface area contributed by atoms with Gasteiger partial charge in [-0.05, 0) is 26.0 Å². The molecule has 2 rings (SSSR count). The van der Waals surface area contributed by atoms with Crippen molar-refractivity contribution in [3.63, 3.8) is 0 Å². The number of hydrogen-bond acceptors (Lipinski definition) is 3. The number of imidazole rings is 1. The minimum absolute atomic E-state index is 0.386. The maximum atomic E-state index is 6.23. The Kier molecular flexibility index (Phi) is 3.68. The lowest BCUT2D eigenvalue weighted by atomic mass is 10.0. The van der Waals surface area contributed by atoms with Crippen molar-refractivity contribution in [1.82, 2.24) is 9.55 Å². The predicted octanol–water partition coefficient (Wildman–Crippen LogP) is 1.96. The highest BCUT2D eigenvalue weighted by molar-refractivity contribution is 5.75. The summed E-state index contributed by atoms with van der Waals surface area (Å²) in [6, 6.07) is 8.18. The average molecular weight is 247 g/mol. The number of para-hydroxylation sites is 2. The minimum atomic E-state index is -0.386. The van der Waals surface area contributed by atoms with Gasteiger partial charge in [0.1, 0.15) is 5.82 Å². The Morgan fingerprint density at radius 3 is 2.78 bits per heavy atom. The van der Waals surface area contributed by atoms with E-state index in [0.29, 0.717) is 13.0 Å². The first-order valence-corrected chi connectivity index (χ1v) is 6.29. The second-order valence-corrected chi connectivity index (χ2v) is 5.02. The molecule has 1 atom stereocenters. The van der Waals surface area contributed by atoms with E-state index in [-0.39, 0.29) is 5.54 Å². The lowest BCUT2D eigenvalue weighted by Gasteiger charge is -2.23. The number of aromatic nitrogens is 2. The Labute approximate surface area is 108 Å². The van der Waals surface area contributed by atoms with Crippen molar-refractivity contribution in [3.05, 3.63) is 30.1 Å². The molecule has 0 amide bonds. The van der Waals surface area contributed by atoms with Crippen LogP contribution in [0.15, 0.2) is 24.3 Å². The van der Waals surface area contributed by atoms with E-state index in [9.17, 15) is 0 Å². The smallest absolute Gasteiger partial charge is 0.111 e. The van der Waals surface area contributed by atoms with Crippen molar-refractivity contribution < 1.29 is 4.74 Å². The molecule has 0 radical (unpaired) electrons. The van der Waals surface area contributed by atoms with Gasteiger partial charge in [-0.1, -0.05) is 12.1 Å². The first-order valence-electron chi connectivity index (χ1n) is 6.29. The van der Waals surface area contributed by atoms with E-state index in [1.165, 1.54) is 5.52 Å². The van der Waals surface area contributed by atoms with Crippen LogP contribution < -0.4 is 5.73 Å². The van der Waals surface area contributed by atoms with Gasteiger partial charge in [0.15, 0.2) is 0 Å². The fourth-order valence-electron chi connectivity index (χ4n) is 2.36. The third-order valence-corrected chi connectivity index (χ3v) is 3.09. The number of nitrogens with two attached hydrogens (primary N) is 1. The van der Waals surface area contributed by atoms with Crippen LogP contribution in [-0.2, 0) is 17.7 Å². The van der Waals surface area contributed by atoms with Gasteiger partial charge in [0, 0.05) is 25.6 Å². The van der Waals surface area contributed by atoms with Crippen LogP contribution in [0.1, 0.15) is 19.7 Å². The molecule has 0 saturated carbocycles. The Balaban J connectivity index is 2.38. The topological polar surface area (TPSA) is 53.1 Å². The number of hydrogen-bond donors (Lipinski definition) is 1. The van der Waals surface area contributed by atoms with Gasteiger partial charge in [-0.2, -0.15) is 0 Å². The lowest BCUT2D eigenvalue weighted by molar-refractivity contribution is 0.139. The van der Waals surface area contributed by atoms with Crippen LogP contribution >= 0.6 is 0 Å². The van der Waals surface area contributed by atoms with Crippen LogP contribution in [0.3, 0.4) is 0 Å².